The van der Waals surface area contributed by atoms with Crippen molar-refractivity contribution in [2.45, 2.75) is 71.6 Å². The first-order valence-electron chi connectivity index (χ1n) is 17.8. The Labute approximate surface area is 340 Å². The van der Waals surface area contributed by atoms with E-state index in [9.17, 15) is 0 Å². The molecule has 0 atom stereocenters. The molecule has 0 amide bonds. The molecule has 0 unspecified atom stereocenters. The van der Waals surface area contributed by atoms with Gasteiger partial charge < -0.3 is 24.8 Å². The Bertz CT molecular complexity index is 2500. The van der Waals surface area contributed by atoms with Gasteiger partial charge in [0, 0.05) is 0 Å². The Kier molecular flexibility index (Phi) is 11.8. The molecular weight excluding hydrogens is 751 g/mol. The summed E-state index contributed by atoms with van der Waals surface area (Å²) in [5, 5.41) is 10.5. The van der Waals surface area contributed by atoms with Crippen LogP contribution in [0.2, 0.25) is 0 Å². The van der Waals surface area contributed by atoms with E-state index in [2.05, 4.69) is 175 Å². The predicted octanol–water partition coefficient (Wildman–Crippen LogP) is 4.88. The minimum Gasteiger partial charge on any atom is -1.00 e. The van der Waals surface area contributed by atoms with Crippen molar-refractivity contribution in [1.29, 1.82) is 0 Å². The van der Waals surface area contributed by atoms with E-state index in [-0.39, 0.29) is 61.8 Å². The minimum atomic E-state index is -0.0845. The van der Waals surface area contributed by atoms with Crippen LogP contribution in [0, 0.1) is 10.4 Å². The molecule has 3 heteroatoms. The van der Waals surface area contributed by atoms with Crippen LogP contribution in [0.25, 0.3) is 38.8 Å². The third kappa shape index (κ3) is 7.35. The van der Waals surface area contributed by atoms with Crippen molar-refractivity contribution in [2.75, 3.05) is 0 Å². The summed E-state index contributed by atoms with van der Waals surface area (Å²) < 4.78 is 0. The van der Waals surface area contributed by atoms with Crippen molar-refractivity contribution in [1.82, 2.24) is 0 Å². The fourth-order valence-electron chi connectivity index (χ4n) is 8.01. The molecule has 0 aliphatic heterocycles. The Morgan fingerprint density at radius 2 is 1.21 bits per heavy atom. The summed E-state index contributed by atoms with van der Waals surface area (Å²) >= 11 is 0. The Hall–Kier alpha value is -3.48. The van der Waals surface area contributed by atoms with Gasteiger partial charge in [-0.25, -0.2) is 0 Å². The van der Waals surface area contributed by atoms with E-state index >= 15 is 0 Å². The SMILES string of the molecule is CC(C)(C)c1ccc2c(c1)=c1cc(C(C)(C)C)c(=C(Cc3cccc4ccccc34)Cc3cccc4ccccc34)c(C3=CC=CC3)c1[C-]=2.[Cl-].[Cl-].[Zr+3]. The second-order valence-electron chi connectivity index (χ2n) is 16.0. The molecule has 0 heterocycles. The number of hydrogen-bond acceptors (Lipinski definition) is 0. The van der Waals surface area contributed by atoms with Crippen LogP contribution in [0.1, 0.15) is 81.3 Å². The Morgan fingerprint density at radius 3 is 1.75 bits per heavy atom. The van der Waals surface area contributed by atoms with E-state index in [0.29, 0.717) is 0 Å². The standard InChI is InChI=1S/C49H45.2ClH.Zr/c1-48(2,3)39-26-25-37-29-44-43(42(37)30-39)31-45(49(4,5)6)47(46(44)34-17-7-8-18-34)38(27-35-21-13-19-32-15-9-11-23-40(32)35)28-36-22-14-20-33-16-10-12-24-41(33)36;;;/h7-17,19-26,30-31H,18,27-28H2,1-6H3;2*1H;/q-1;;;+3/p-2. The maximum atomic E-state index is 3.98. The maximum absolute atomic E-state index is 3.98. The topological polar surface area (TPSA) is 0 Å². The summed E-state index contributed by atoms with van der Waals surface area (Å²) in [5.41, 5.74) is 11.0. The van der Waals surface area contributed by atoms with E-state index in [0.717, 1.165) is 19.3 Å². The summed E-state index contributed by atoms with van der Waals surface area (Å²) in [6.45, 7) is 14.1. The number of fused-ring (bicyclic) bond motifs is 4. The molecule has 259 valence electrons. The Balaban J connectivity index is 0.00000174. The van der Waals surface area contributed by atoms with Crippen molar-refractivity contribution >= 4 is 38.8 Å². The van der Waals surface area contributed by atoms with Crippen LogP contribution in [0.5, 0.6) is 0 Å². The van der Waals surface area contributed by atoms with Crippen LogP contribution in [0.15, 0.2) is 127 Å². The van der Waals surface area contributed by atoms with Crippen LogP contribution in [-0.4, -0.2) is 0 Å². The first-order chi connectivity index (χ1) is 23.6. The summed E-state index contributed by atoms with van der Waals surface area (Å²) in [5.74, 6) is 0. The second-order valence-corrected chi connectivity index (χ2v) is 16.0. The van der Waals surface area contributed by atoms with Crippen LogP contribution in [-0.2, 0) is 49.9 Å². The molecule has 0 saturated heterocycles. The first-order valence-corrected chi connectivity index (χ1v) is 17.8. The Morgan fingerprint density at radius 1 is 0.635 bits per heavy atom. The number of halogens is 2. The second kappa shape index (κ2) is 15.5. The zero-order chi connectivity index (χ0) is 33.9. The van der Waals surface area contributed by atoms with Gasteiger partial charge >= 0.3 is 26.2 Å². The van der Waals surface area contributed by atoms with Crippen LogP contribution in [0.3, 0.4) is 0 Å². The molecule has 1 radical (unpaired) electrons. The van der Waals surface area contributed by atoms with Gasteiger partial charge in [-0.2, -0.15) is 0 Å². The molecule has 2 aliphatic carbocycles. The molecule has 2 aliphatic rings. The van der Waals surface area contributed by atoms with Crippen molar-refractivity contribution in [2.24, 2.45) is 0 Å². The van der Waals surface area contributed by atoms with Gasteiger partial charge in [0.15, 0.2) is 0 Å². The monoisotopic (exact) mass is 793 g/mol. The van der Waals surface area contributed by atoms with Crippen molar-refractivity contribution < 1.29 is 51.0 Å². The van der Waals surface area contributed by atoms with E-state index in [1.165, 1.54) is 86.9 Å². The maximum Gasteiger partial charge on any atom is 3.00 e. The van der Waals surface area contributed by atoms with Crippen molar-refractivity contribution in [3.63, 3.8) is 0 Å². The van der Waals surface area contributed by atoms with Crippen molar-refractivity contribution in [3.05, 3.63) is 182 Å². The number of rotatable bonds is 5. The van der Waals surface area contributed by atoms with Crippen molar-refractivity contribution in [3.8, 4) is 0 Å². The molecule has 0 nitrogen and oxygen atoms in total. The minimum absolute atomic E-state index is 0. The largest absolute Gasteiger partial charge is 3.00 e. The molecule has 0 saturated carbocycles. The summed E-state index contributed by atoms with van der Waals surface area (Å²) in [4.78, 5) is 0. The number of allylic oxidation sites excluding steroid dienone is 4. The molecular formula is C49H45Cl2Zr. The van der Waals surface area contributed by atoms with Gasteiger partial charge in [-0.05, 0) is 73.5 Å². The molecule has 6 aromatic carbocycles. The third-order valence-corrected chi connectivity index (χ3v) is 10.6. The third-order valence-electron chi connectivity index (χ3n) is 10.6. The van der Waals surface area contributed by atoms with E-state index in [1.54, 1.807) is 0 Å². The molecule has 0 fully saturated rings. The van der Waals surface area contributed by atoms with Gasteiger partial charge in [0.1, 0.15) is 0 Å². The molecule has 0 aromatic heterocycles. The van der Waals surface area contributed by atoms with E-state index in [4.69, 9.17) is 0 Å². The first kappa shape index (κ1) is 39.7. The smallest absolute Gasteiger partial charge is 1.00 e. The van der Waals surface area contributed by atoms with Crippen LogP contribution in [0.4, 0.5) is 0 Å². The van der Waals surface area contributed by atoms with Crippen LogP contribution < -0.4 is 35.3 Å². The molecule has 52 heavy (non-hydrogen) atoms. The summed E-state index contributed by atoms with van der Waals surface area (Å²) in [6.07, 6.45) is 13.6. The molecule has 0 spiro atoms. The number of benzene rings is 6. The van der Waals surface area contributed by atoms with Gasteiger partial charge in [0.05, 0.1) is 0 Å². The molecule has 0 bridgehead atoms. The van der Waals surface area contributed by atoms with E-state index < -0.39 is 0 Å². The van der Waals surface area contributed by atoms with Gasteiger partial charge in [0.25, 0.3) is 0 Å². The zero-order valence-corrected chi connectivity index (χ0v) is 35.0. The predicted molar refractivity (Wildman–Crippen MR) is 210 cm³/mol. The summed E-state index contributed by atoms with van der Waals surface area (Å²) in [6, 6.07) is 40.9. The van der Waals surface area contributed by atoms with Gasteiger partial charge in [-0.1, -0.05) is 185 Å². The number of hydrogen-bond donors (Lipinski definition) is 0. The fraction of sp³-hybridized carbons (Fsp3) is 0.224. The quantitative estimate of drug-likeness (QED) is 0.218. The zero-order valence-electron chi connectivity index (χ0n) is 31.0. The molecule has 6 aromatic rings. The van der Waals surface area contributed by atoms with Gasteiger partial charge in [-0.3, -0.25) is 0 Å². The molecule has 8 rings (SSSR count). The fourth-order valence-corrected chi connectivity index (χ4v) is 8.01. The van der Waals surface area contributed by atoms with Gasteiger partial charge in [-0.15, -0.1) is 33.4 Å². The van der Waals surface area contributed by atoms with Gasteiger partial charge in [0.2, 0.25) is 0 Å². The van der Waals surface area contributed by atoms with E-state index in [1.807, 2.05) is 0 Å². The molecule has 0 N–H and O–H groups in total. The average molecular weight is 796 g/mol. The van der Waals surface area contributed by atoms with Crippen LogP contribution >= 0.6 is 0 Å². The normalized spacial score (nSPS) is 13.0. The summed E-state index contributed by atoms with van der Waals surface area (Å²) in [7, 11) is 0. The average Bonchev–Trinajstić information content (AvgIpc) is 3.75.